The van der Waals surface area contributed by atoms with Crippen LogP contribution in [0.2, 0.25) is 0 Å². The minimum absolute atomic E-state index is 0.0960. The van der Waals surface area contributed by atoms with E-state index in [9.17, 15) is 13.5 Å². The lowest BCUT2D eigenvalue weighted by Crippen LogP contribution is -2.32. The minimum Gasteiger partial charge on any atom is -0.396 e. The van der Waals surface area contributed by atoms with E-state index in [4.69, 9.17) is 0 Å². The molecule has 0 aliphatic rings. The summed E-state index contributed by atoms with van der Waals surface area (Å²) in [6.45, 7) is 8.99. The number of hydrogen-bond acceptors (Lipinski definition) is 3. The van der Waals surface area contributed by atoms with Gasteiger partial charge in [-0.25, -0.2) is 8.42 Å². The molecule has 0 aromatic rings. The number of aliphatic hydroxyl groups is 1. The summed E-state index contributed by atoms with van der Waals surface area (Å²) in [5.41, 5.74) is -0.570. The molecule has 0 aliphatic carbocycles. The Kier molecular flexibility index (Phi) is 7.47. The van der Waals surface area contributed by atoms with E-state index in [1.54, 1.807) is 0 Å². The van der Waals surface area contributed by atoms with Crippen molar-refractivity contribution in [3.63, 3.8) is 0 Å². The van der Waals surface area contributed by atoms with E-state index >= 15 is 0 Å². The molecule has 0 saturated carbocycles. The van der Waals surface area contributed by atoms with Crippen molar-refractivity contribution >= 4 is 16.4 Å². The molecule has 0 rings (SSSR count). The molecule has 0 spiro atoms. The summed E-state index contributed by atoms with van der Waals surface area (Å²) >= 11 is 0. The Morgan fingerprint density at radius 3 is 2.00 bits per heavy atom. The monoisotopic (exact) mass is 278 g/mol. The van der Waals surface area contributed by atoms with Crippen molar-refractivity contribution in [2.45, 2.75) is 40.5 Å². The van der Waals surface area contributed by atoms with Crippen LogP contribution in [0.3, 0.4) is 0 Å². The van der Waals surface area contributed by atoms with Crippen LogP contribution in [0.5, 0.6) is 0 Å². The van der Waals surface area contributed by atoms with Gasteiger partial charge in [0.25, 0.3) is 10.0 Å². The third-order valence-electron chi connectivity index (χ3n) is 3.51. The second kappa shape index (κ2) is 7.74. The molecule has 0 heterocycles. The van der Waals surface area contributed by atoms with Gasteiger partial charge in [-0.15, -0.1) is 0 Å². The van der Waals surface area contributed by atoms with E-state index in [0.29, 0.717) is 12.8 Å². The quantitative estimate of drug-likeness (QED) is 0.512. The lowest BCUT2D eigenvalue weighted by molar-refractivity contribution is 0.136. The number of nitrogens with zero attached hydrogens (tertiary/aromatic N) is 2. The number of sulfonamides is 1. The maximum atomic E-state index is 11.9. The molecule has 1 N–H and O–H groups in total. The summed E-state index contributed by atoms with van der Waals surface area (Å²) in [4.78, 5) is 1.82. The van der Waals surface area contributed by atoms with Gasteiger partial charge in [0.2, 0.25) is 0 Å². The summed E-state index contributed by atoms with van der Waals surface area (Å²) in [5, 5.41) is 9.38. The van der Waals surface area contributed by atoms with Crippen LogP contribution in [-0.4, -0.2) is 50.2 Å². The number of hydrogen-bond donors (Lipinski definition) is 1. The predicted octanol–water partition coefficient (Wildman–Crippen LogP) is 1.48. The highest BCUT2D eigenvalue weighted by molar-refractivity contribution is 7.90. The molecule has 0 aromatic heterocycles. The smallest absolute Gasteiger partial charge is 0.255 e. The summed E-state index contributed by atoms with van der Waals surface area (Å²) < 4.78 is 27.5. The van der Waals surface area contributed by atoms with Crippen molar-refractivity contribution in [1.82, 2.24) is 4.90 Å². The van der Waals surface area contributed by atoms with Gasteiger partial charge in [-0.3, -0.25) is 0 Å². The highest BCUT2D eigenvalue weighted by Gasteiger charge is 2.31. The molecule has 0 unspecified atom stereocenters. The maximum absolute atomic E-state index is 11.9. The van der Waals surface area contributed by atoms with Crippen LogP contribution in [-0.2, 0) is 10.0 Å². The Bertz CT molecular complexity index is 336. The topological polar surface area (TPSA) is 70.0 Å². The minimum atomic E-state index is -3.52. The Morgan fingerprint density at radius 1 is 1.17 bits per heavy atom. The number of rotatable bonds is 9. The normalized spacial score (nSPS) is 13.2. The van der Waals surface area contributed by atoms with Crippen molar-refractivity contribution in [1.29, 1.82) is 0 Å². The zero-order valence-electron chi connectivity index (χ0n) is 11.9. The van der Waals surface area contributed by atoms with E-state index in [2.05, 4.69) is 4.40 Å². The SMILES string of the molecule is CCN(C=NS(=O)(=O)CC(CC)(CC)CO)CC. The highest BCUT2D eigenvalue weighted by atomic mass is 32.2. The van der Waals surface area contributed by atoms with Crippen molar-refractivity contribution in [2.24, 2.45) is 9.81 Å². The van der Waals surface area contributed by atoms with Crippen molar-refractivity contribution in [3.05, 3.63) is 0 Å². The molecule has 0 aliphatic heterocycles. The van der Waals surface area contributed by atoms with E-state index in [-0.39, 0.29) is 12.4 Å². The summed E-state index contributed by atoms with van der Waals surface area (Å²) in [6, 6.07) is 0. The van der Waals surface area contributed by atoms with Gasteiger partial charge in [0.05, 0.1) is 5.75 Å². The third kappa shape index (κ3) is 5.35. The van der Waals surface area contributed by atoms with Crippen LogP contribution in [0, 0.1) is 5.41 Å². The van der Waals surface area contributed by atoms with E-state index in [1.807, 2.05) is 32.6 Å². The van der Waals surface area contributed by atoms with Crippen molar-refractivity contribution in [3.8, 4) is 0 Å². The molecule has 18 heavy (non-hydrogen) atoms. The van der Waals surface area contributed by atoms with E-state index < -0.39 is 15.4 Å². The molecular formula is C12H26N2O3S. The first kappa shape index (κ1) is 17.4. The standard InChI is InChI=1S/C12H26N2O3S/c1-5-12(6-2,9-15)10-18(16,17)13-11-14(7-3)8-4/h11,15H,5-10H2,1-4H3. The van der Waals surface area contributed by atoms with E-state index in [0.717, 1.165) is 13.1 Å². The zero-order valence-corrected chi connectivity index (χ0v) is 12.7. The molecule has 0 saturated heterocycles. The van der Waals surface area contributed by atoms with Crippen LogP contribution >= 0.6 is 0 Å². The molecule has 5 nitrogen and oxygen atoms in total. The summed E-state index contributed by atoms with van der Waals surface area (Å²) in [7, 11) is -3.52. The van der Waals surface area contributed by atoms with Gasteiger partial charge < -0.3 is 10.0 Å². The van der Waals surface area contributed by atoms with Crippen LogP contribution < -0.4 is 0 Å². The molecule has 108 valence electrons. The molecule has 0 fully saturated rings. The molecule has 0 aromatic carbocycles. The van der Waals surface area contributed by atoms with Gasteiger partial charge in [0, 0.05) is 25.1 Å². The largest absolute Gasteiger partial charge is 0.396 e. The van der Waals surface area contributed by atoms with Gasteiger partial charge in [-0.05, 0) is 26.7 Å². The molecule has 0 bridgehead atoms. The van der Waals surface area contributed by atoms with Gasteiger partial charge >= 0.3 is 0 Å². The fraction of sp³-hybridized carbons (Fsp3) is 0.917. The Morgan fingerprint density at radius 2 is 1.67 bits per heavy atom. The molecule has 0 amide bonds. The average Bonchev–Trinajstić information content (AvgIpc) is 2.37. The average molecular weight is 278 g/mol. The Labute approximate surface area is 111 Å². The fourth-order valence-corrected chi connectivity index (χ4v) is 3.30. The lowest BCUT2D eigenvalue weighted by atomic mass is 9.86. The lowest BCUT2D eigenvalue weighted by Gasteiger charge is -2.27. The van der Waals surface area contributed by atoms with Crippen molar-refractivity contribution < 1.29 is 13.5 Å². The van der Waals surface area contributed by atoms with Crippen LogP contribution in [0.15, 0.2) is 4.40 Å². The van der Waals surface area contributed by atoms with E-state index in [1.165, 1.54) is 6.34 Å². The van der Waals surface area contributed by atoms with Crippen LogP contribution in [0.1, 0.15) is 40.5 Å². The van der Waals surface area contributed by atoms with Gasteiger partial charge in [-0.2, -0.15) is 4.40 Å². The fourth-order valence-electron chi connectivity index (χ4n) is 1.67. The third-order valence-corrected chi connectivity index (χ3v) is 4.90. The van der Waals surface area contributed by atoms with Gasteiger partial charge in [-0.1, -0.05) is 13.8 Å². The zero-order chi connectivity index (χ0) is 14.2. The number of aliphatic hydroxyl groups excluding tert-OH is 1. The van der Waals surface area contributed by atoms with Crippen LogP contribution in [0.4, 0.5) is 0 Å². The first-order valence-corrected chi connectivity index (χ1v) is 8.12. The molecule has 6 heteroatoms. The first-order chi connectivity index (χ1) is 8.38. The van der Waals surface area contributed by atoms with Gasteiger partial charge in [0.15, 0.2) is 0 Å². The van der Waals surface area contributed by atoms with Crippen molar-refractivity contribution in [2.75, 3.05) is 25.4 Å². The second-order valence-corrected chi connectivity index (χ2v) is 6.20. The van der Waals surface area contributed by atoms with Gasteiger partial charge in [0.1, 0.15) is 6.34 Å². The second-order valence-electron chi connectivity index (χ2n) is 4.53. The maximum Gasteiger partial charge on any atom is 0.255 e. The summed E-state index contributed by atoms with van der Waals surface area (Å²) in [5.74, 6) is -0.0960. The molecule has 0 radical (unpaired) electrons. The first-order valence-electron chi connectivity index (χ1n) is 6.51. The molecular weight excluding hydrogens is 252 g/mol. The Hall–Kier alpha value is -0.620. The Balaban J connectivity index is 4.85. The van der Waals surface area contributed by atoms with Crippen LogP contribution in [0.25, 0.3) is 0 Å². The molecule has 0 atom stereocenters. The highest BCUT2D eigenvalue weighted by Crippen LogP contribution is 2.28. The summed E-state index contributed by atoms with van der Waals surface area (Å²) in [6.07, 6.45) is 2.63. The predicted molar refractivity (Wildman–Crippen MR) is 75.3 cm³/mol.